The maximum atomic E-state index is 12.7. The van der Waals surface area contributed by atoms with Crippen molar-refractivity contribution >= 4 is 11.6 Å². The van der Waals surface area contributed by atoms with E-state index >= 15 is 0 Å². The molecule has 1 N–H and O–H groups in total. The van der Waals surface area contributed by atoms with Gasteiger partial charge in [-0.15, -0.1) is 0 Å². The van der Waals surface area contributed by atoms with Gasteiger partial charge in [0.25, 0.3) is 0 Å². The number of aliphatic hydroxyl groups is 1. The molecule has 4 heteroatoms. The number of hydrogen-bond donors (Lipinski definition) is 1. The van der Waals surface area contributed by atoms with Crippen LogP contribution in [-0.4, -0.2) is 17.8 Å². The molecule has 0 aromatic heterocycles. The molecule has 1 aromatic rings. The smallest absolute Gasteiger partial charge is 0.138 e. The van der Waals surface area contributed by atoms with Gasteiger partial charge in [0.05, 0.1) is 17.7 Å². The first-order chi connectivity index (χ1) is 7.66. The first-order valence-corrected chi connectivity index (χ1v) is 5.80. The van der Waals surface area contributed by atoms with Gasteiger partial charge >= 0.3 is 0 Å². The van der Waals surface area contributed by atoms with Crippen LogP contribution in [0.1, 0.15) is 19.3 Å². The SMILES string of the molecule is OC(CCOc1ccc(F)cc1Cl)C1CC1. The molecule has 1 fully saturated rings. The van der Waals surface area contributed by atoms with Gasteiger partial charge in [-0.3, -0.25) is 0 Å². The van der Waals surface area contributed by atoms with Gasteiger partial charge in [0.1, 0.15) is 11.6 Å². The van der Waals surface area contributed by atoms with Crippen molar-refractivity contribution in [3.8, 4) is 5.75 Å². The third-order valence-electron chi connectivity index (χ3n) is 2.73. The molecule has 0 heterocycles. The fraction of sp³-hybridized carbons (Fsp3) is 0.500. The molecule has 1 aromatic carbocycles. The summed E-state index contributed by atoms with van der Waals surface area (Å²) in [4.78, 5) is 0. The van der Waals surface area contributed by atoms with Crippen molar-refractivity contribution in [3.63, 3.8) is 0 Å². The molecule has 1 atom stereocenters. The van der Waals surface area contributed by atoms with Crippen LogP contribution in [0.2, 0.25) is 5.02 Å². The van der Waals surface area contributed by atoms with Crippen molar-refractivity contribution in [3.05, 3.63) is 29.0 Å². The Morgan fingerprint density at radius 3 is 2.88 bits per heavy atom. The highest BCUT2D eigenvalue weighted by Crippen LogP contribution is 2.34. The first kappa shape index (κ1) is 11.7. The Bertz CT molecular complexity index is 366. The van der Waals surface area contributed by atoms with E-state index in [9.17, 15) is 9.50 Å². The summed E-state index contributed by atoms with van der Waals surface area (Å²) >= 11 is 5.79. The standard InChI is InChI=1S/C12H14ClFO2/c13-10-7-9(14)3-4-12(10)16-6-5-11(15)8-1-2-8/h3-4,7-8,11,15H,1-2,5-6H2. The number of aliphatic hydroxyl groups excluding tert-OH is 1. The van der Waals surface area contributed by atoms with Gasteiger partial charge < -0.3 is 9.84 Å². The van der Waals surface area contributed by atoms with Crippen molar-refractivity contribution in [1.29, 1.82) is 0 Å². The predicted octanol–water partition coefficient (Wildman–Crippen LogP) is 3.02. The Kier molecular flexibility index (Phi) is 3.66. The summed E-state index contributed by atoms with van der Waals surface area (Å²) in [7, 11) is 0. The van der Waals surface area contributed by atoms with E-state index in [1.165, 1.54) is 18.2 Å². The van der Waals surface area contributed by atoms with E-state index in [2.05, 4.69) is 0 Å². The van der Waals surface area contributed by atoms with Crippen LogP contribution < -0.4 is 4.74 Å². The maximum absolute atomic E-state index is 12.7. The van der Waals surface area contributed by atoms with Gasteiger partial charge in [0.2, 0.25) is 0 Å². The zero-order chi connectivity index (χ0) is 11.5. The third kappa shape index (κ3) is 3.09. The monoisotopic (exact) mass is 244 g/mol. The first-order valence-electron chi connectivity index (χ1n) is 5.43. The molecular formula is C12H14ClFO2. The fourth-order valence-electron chi connectivity index (χ4n) is 1.60. The molecule has 0 bridgehead atoms. The number of halogens is 2. The topological polar surface area (TPSA) is 29.5 Å². The van der Waals surface area contributed by atoms with Crippen LogP contribution in [0.3, 0.4) is 0 Å². The van der Waals surface area contributed by atoms with E-state index in [4.69, 9.17) is 16.3 Å². The molecule has 1 saturated carbocycles. The molecule has 1 unspecified atom stereocenters. The second kappa shape index (κ2) is 5.02. The van der Waals surface area contributed by atoms with Gasteiger partial charge in [-0.2, -0.15) is 0 Å². The normalized spacial score (nSPS) is 17.2. The summed E-state index contributed by atoms with van der Waals surface area (Å²) in [5, 5.41) is 9.87. The number of benzene rings is 1. The van der Waals surface area contributed by atoms with Crippen molar-refractivity contribution in [2.75, 3.05) is 6.61 Å². The van der Waals surface area contributed by atoms with Crippen molar-refractivity contribution in [2.45, 2.75) is 25.4 Å². The largest absolute Gasteiger partial charge is 0.492 e. The van der Waals surface area contributed by atoms with E-state index < -0.39 is 0 Å². The highest BCUT2D eigenvalue weighted by atomic mass is 35.5. The number of ether oxygens (including phenoxy) is 1. The molecule has 0 saturated heterocycles. The summed E-state index contributed by atoms with van der Waals surface area (Å²) in [5.74, 6) is 0.536. The minimum Gasteiger partial charge on any atom is -0.492 e. The summed E-state index contributed by atoms with van der Waals surface area (Å²) in [5.41, 5.74) is 0. The van der Waals surface area contributed by atoms with Crippen LogP contribution in [-0.2, 0) is 0 Å². The lowest BCUT2D eigenvalue weighted by Gasteiger charge is -2.11. The van der Waals surface area contributed by atoms with E-state index in [0.717, 1.165) is 12.8 Å². The summed E-state index contributed by atoms with van der Waals surface area (Å²) in [6.07, 6.45) is 2.54. The molecule has 88 valence electrons. The Hall–Kier alpha value is -0.800. The van der Waals surface area contributed by atoms with E-state index in [-0.39, 0.29) is 16.9 Å². The second-order valence-corrected chi connectivity index (χ2v) is 4.52. The average molecular weight is 245 g/mol. The summed E-state index contributed by atoms with van der Waals surface area (Å²) in [6, 6.07) is 4.02. The number of hydrogen-bond acceptors (Lipinski definition) is 2. The van der Waals surface area contributed by atoms with Gasteiger partial charge in [-0.05, 0) is 37.0 Å². The molecule has 0 radical (unpaired) electrons. The van der Waals surface area contributed by atoms with E-state index in [1.807, 2.05) is 0 Å². The summed E-state index contributed by atoms with van der Waals surface area (Å²) < 4.78 is 18.1. The van der Waals surface area contributed by atoms with Gasteiger partial charge in [-0.1, -0.05) is 11.6 Å². The molecule has 2 rings (SSSR count). The second-order valence-electron chi connectivity index (χ2n) is 4.12. The van der Waals surface area contributed by atoms with Crippen molar-refractivity contribution in [1.82, 2.24) is 0 Å². The van der Waals surface area contributed by atoms with Crippen molar-refractivity contribution < 1.29 is 14.2 Å². The van der Waals surface area contributed by atoms with Crippen LogP contribution in [0.25, 0.3) is 0 Å². The van der Waals surface area contributed by atoms with Gasteiger partial charge in [0.15, 0.2) is 0 Å². The lowest BCUT2D eigenvalue weighted by atomic mass is 10.2. The van der Waals surface area contributed by atoms with Gasteiger partial charge in [0, 0.05) is 6.42 Å². The zero-order valence-corrected chi connectivity index (χ0v) is 9.58. The number of rotatable bonds is 5. The zero-order valence-electron chi connectivity index (χ0n) is 8.83. The molecular weight excluding hydrogens is 231 g/mol. The summed E-state index contributed by atoms with van der Waals surface area (Å²) in [6.45, 7) is 0.406. The van der Waals surface area contributed by atoms with Crippen LogP contribution in [0.15, 0.2) is 18.2 Å². The lowest BCUT2D eigenvalue weighted by molar-refractivity contribution is 0.119. The Morgan fingerprint density at radius 2 is 2.25 bits per heavy atom. The molecule has 0 spiro atoms. The Labute approximate surface area is 99.0 Å². The Morgan fingerprint density at radius 1 is 1.50 bits per heavy atom. The predicted molar refractivity (Wildman–Crippen MR) is 60.3 cm³/mol. The molecule has 16 heavy (non-hydrogen) atoms. The third-order valence-corrected chi connectivity index (χ3v) is 3.03. The van der Waals surface area contributed by atoms with E-state index in [0.29, 0.717) is 24.7 Å². The van der Waals surface area contributed by atoms with Crippen LogP contribution in [0.5, 0.6) is 5.75 Å². The average Bonchev–Trinajstić information content (AvgIpc) is 3.04. The lowest BCUT2D eigenvalue weighted by Crippen LogP contribution is -2.13. The van der Waals surface area contributed by atoms with Crippen LogP contribution in [0, 0.1) is 11.7 Å². The highest BCUT2D eigenvalue weighted by molar-refractivity contribution is 6.32. The Balaban J connectivity index is 1.80. The maximum Gasteiger partial charge on any atom is 0.138 e. The minimum absolute atomic E-state index is 0.265. The van der Waals surface area contributed by atoms with Gasteiger partial charge in [-0.25, -0.2) is 4.39 Å². The molecule has 1 aliphatic carbocycles. The molecule has 0 aliphatic heterocycles. The highest BCUT2D eigenvalue weighted by Gasteiger charge is 2.29. The van der Waals surface area contributed by atoms with Crippen LogP contribution in [0.4, 0.5) is 4.39 Å². The fourth-order valence-corrected chi connectivity index (χ4v) is 1.82. The molecule has 2 nitrogen and oxygen atoms in total. The van der Waals surface area contributed by atoms with E-state index in [1.54, 1.807) is 0 Å². The molecule has 0 amide bonds. The van der Waals surface area contributed by atoms with Crippen LogP contribution >= 0.6 is 11.6 Å². The quantitative estimate of drug-likeness (QED) is 0.863. The van der Waals surface area contributed by atoms with Crippen molar-refractivity contribution in [2.24, 2.45) is 5.92 Å². The minimum atomic E-state index is -0.379. The molecule has 1 aliphatic rings.